The van der Waals surface area contributed by atoms with Crippen LogP contribution in [0.15, 0.2) is 29.1 Å². The van der Waals surface area contributed by atoms with E-state index in [1.54, 1.807) is 11.6 Å². The summed E-state index contributed by atoms with van der Waals surface area (Å²) in [7, 11) is 1.71. The van der Waals surface area contributed by atoms with E-state index in [1.165, 1.54) is 0 Å². The highest BCUT2D eigenvalue weighted by Crippen LogP contribution is 2.26. The molecule has 0 bridgehead atoms. The Morgan fingerprint density at radius 1 is 1.33 bits per heavy atom. The number of para-hydroxylation sites is 1. The van der Waals surface area contributed by atoms with Crippen LogP contribution in [0.1, 0.15) is 18.4 Å². The number of nitrogens with zero attached hydrogens (tertiary/aromatic N) is 2. The van der Waals surface area contributed by atoms with Gasteiger partial charge in [0.05, 0.1) is 11.2 Å². The van der Waals surface area contributed by atoms with Gasteiger partial charge in [-0.15, -0.1) is 0 Å². The topological polar surface area (TPSA) is 69.8 Å². The third-order valence-corrected chi connectivity index (χ3v) is 4.10. The zero-order chi connectivity index (χ0) is 14.8. The molecule has 2 N–H and O–H groups in total. The van der Waals surface area contributed by atoms with Gasteiger partial charge in [-0.3, -0.25) is 4.79 Å². The first-order valence-electron chi connectivity index (χ1n) is 7.21. The van der Waals surface area contributed by atoms with Crippen molar-refractivity contribution in [3.8, 4) is 6.07 Å². The minimum absolute atomic E-state index is 0.203. The first-order chi connectivity index (χ1) is 10.2. The summed E-state index contributed by atoms with van der Waals surface area (Å²) in [6.45, 7) is 1.92. The second-order valence-corrected chi connectivity index (χ2v) is 5.41. The summed E-state index contributed by atoms with van der Waals surface area (Å²) >= 11 is 0. The molecule has 0 unspecified atom stereocenters. The Morgan fingerprint density at radius 2 is 2.05 bits per heavy atom. The molecular weight excluding hydrogens is 264 g/mol. The Balaban J connectivity index is 2.17. The van der Waals surface area contributed by atoms with Gasteiger partial charge in [0.1, 0.15) is 11.6 Å². The highest BCUT2D eigenvalue weighted by Gasteiger charge is 2.19. The van der Waals surface area contributed by atoms with Crippen molar-refractivity contribution in [2.75, 3.05) is 18.4 Å². The van der Waals surface area contributed by atoms with Gasteiger partial charge in [-0.1, -0.05) is 18.2 Å². The molecule has 0 amide bonds. The van der Waals surface area contributed by atoms with Crippen LogP contribution in [-0.2, 0) is 7.05 Å². The molecule has 5 nitrogen and oxygen atoms in total. The Labute approximate surface area is 123 Å². The number of aromatic nitrogens is 1. The van der Waals surface area contributed by atoms with Gasteiger partial charge in [0.25, 0.3) is 5.56 Å². The van der Waals surface area contributed by atoms with Gasteiger partial charge < -0.3 is 15.2 Å². The predicted molar refractivity (Wildman–Crippen MR) is 83.4 cm³/mol. The van der Waals surface area contributed by atoms with Crippen molar-refractivity contribution in [2.45, 2.75) is 18.9 Å². The monoisotopic (exact) mass is 282 g/mol. The molecule has 0 spiro atoms. The number of anilines is 1. The lowest BCUT2D eigenvalue weighted by Crippen LogP contribution is -2.36. The predicted octanol–water partition coefficient (Wildman–Crippen LogP) is 1.57. The number of rotatable bonds is 2. The van der Waals surface area contributed by atoms with Gasteiger partial charge in [-0.2, -0.15) is 5.26 Å². The zero-order valence-electron chi connectivity index (χ0n) is 12.0. The summed E-state index contributed by atoms with van der Waals surface area (Å²) in [5.41, 5.74) is 1.49. The van der Waals surface area contributed by atoms with Crippen LogP contribution in [0.2, 0.25) is 0 Å². The molecule has 1 aliphatic rings. The zero-order valence-corrected chi connectivity index (χ0v) is 12.0. The van der Waals surface area contributed by atoms with Gasteiger partial charge in [-0.05, 0) is 32.0 Å². The fourth-order valence-corrected chi connectivity index (χ4v) is 2.92. The molecule has 21 heavy (non-hydrogen) atoms. The smallest absolute Gasteiger partial charge is 0.270 e. The second kappa shape index (κ2) is 5.58. The highest BCUT2D eigenvalue weighted by atomic mass is 16.1. The third kappa shape index (κ3) is 2.39. The first-order valence-corrected chi connectivity index (χ1v) is 7.21. The highest BCUT2D eigenvalue weighted by molar-refractivity contribution is 5.94. The number of fused-ring (bicyclic) bond motifs is 1. The molecule has 1 saturated heterocycles. The quantitative estimate of drug-likeness (QED) is 0.877. The van der Waals surface area contributed by atoms with Crippen molar-refractivity contribution in [1.29, 1.82) is 5.26 Å². The number of benzene rings is 1. The van der Waals surface area contributed by atoms with E-state index in [0.29, 0.717) is 11.7 Å². The fraction of sp³-hybridized carbons (Fsp3) is 0.375. The van der Waals surface area contributed by atoms with Gasteiger partial charge >= 0.3 is 0 Å². The number of nitriles is 1. The Kier molecular flexibility index (Phi) is 3.63. The lowest BCUT2D eigenvalue weighted by atomic mass is 10.0. The van der Waals surface area contributed by atoms with Crippen molar-refractivity contribution in [3.05, 3.63) is 40.2 Å². The van der Waals surface area contributed by atoms with E-state index in [1.807, 2.05) is 24.3 Å². The molecule has 0 radical (unpaired) electrons. The van der Waals surface area contributed by atoms with E-state index in [9.17, 15) is 10.1 Å². The molecular formula is C16H18N4O. The summed E-state index contributed by atoms with van der Waals surface area (Å²) in [5.74, 6) is 0. The van der Waals surface area contributed by atoms with Crippen LogP contribution in [0.3, 0.4) is 0 Å². The summed E-state index contributed by atoms with van der Waals surface area (Å²) < 4.78 is 1.54. The summed E-state index contributed by atoms with van der Waals surface area (Å²) in [4.78, 5) is 12.4. The van der Waals surface area contributed by atoms with E-state index < -0.39 is 0 Å². The van der Waals surface area contributed by atoms with E-state index >= 15 is 0 Å². The SMILES string of the molecule is Cn1c(=O)c(C#N)c(NC2CCNCC2)c2ccccc21. The van der Waals surface area contributed by atoms with E-state index in [4.69, 9.17) is 0 Å². The van der Waals surface area contributed by atoms with Crippen LogP contribution < -0.4 is 16.2 Å². The van der Waals surface area contributed by atoms with Crippen molar-refractivity contribution in [3.63, 3.8) is 0 Å². The van der Waals surface area contributed by atoms with Crippen LogP contribution in [0.4, 0.5) is 5.69 Å². The van der Waals surface area contributed by atoms with Gasteiger partial charge in [0.2, 0.25) is 0 Å². The summed E-state index contributed by atoms with van der Waals surface area (Å²) in [5, 5.41) is 17.1. The maximum absolute atomic E-state index is 12.4. The number of aryl methyl sites for hydroxylation is 1. The largest absolute Gasteiger partial charge is 0.380 e. The van der Waals surface area contributed by atoms with E-state index in [2.05, 4.69) is 16.7 Å². The average molecular weight is 282 g/mol. The minimum Gasteiger partial charge on any atom is -0.380 e. The van der Waals surface area contributed by atoms with Crippen molar-refractivity contribution in [1.82, 2.24) is 9.88 Å². The van der Waals surface area contributed by atoms with Crippen LogP contribution in [0.25, 0.3) is 10.9 Å². The average Bonchev–Trinajstić information content (AvgIpc) is 2.54. The number of piperidine rings is 1. The van der Waals surface area contributed by atoms with Crippen LogP contribution in [0.5, 0.6) is 0 Å². The molecule has 3 rings (SSSR count). The van der Waals surface area contributed by atoms with Crippen molar-refractivity contribution in [2.24, 2.45) is 7.05 Å². The lowest BCUT2D eigenvalue weighted by molar-refractivity contribution is 0.479. The Hall–Kier alpha value is -2.32. The van der Waals surface area contributed by atoms with E-state index in [0.717, 1.165) is 36.8 Å². The molecule has 1 aromatic heterocycles. The maximum Gasteiger partial charge on any atom is 0.270 e. The molecule has 108 valence electrons. The number of hydrogen-bond donors (Lipinski definition) is 2. The lowest BCUT2D eigenvalue weighted by Gasteiger charge is -2.26. The van der Waals surface area contributed by atoms with Gasteiger partial charge in [0, 0.05) is 18.5 Å². The Morgan fingerprint density at radius 3 is 2.76 bits per heavy atom. The molecule has 1 aliphatic heterocycles. The first kappa shape index (κ1) is 13.7. The van der Waals surface area contributed by atoms with Crippen LogP contribution in [0, 0.1) is 11.3 Å². The molecule has 2 heterocycles. The standard InChI is InChI=1S/C16H18N4O/c1-20-14-5-3-2-4-12(14)15(13(10-17)16(20)21)19-11-6-8-18-9-7-11/h2-5,11,18-19H,6-9H2,1H3. The fourth-order valence-electron chi connectivity index (χ4n) is 2.92. The Bertz CT molecular complexity index is 766. The van der Waals surface area contributed by atoms with E-state index in [-0.39, 0.29) is 11.1 Å². The van der Waals surface area contributed by atoms with Gasteiger partial charge in [-0.25, -0.2) is 0 Å². The molecule has 0 atom stereocenters. The van der Waals surface area contributed by atoms with Crippen molar-refractivity contribution < 1.29 is 0 Å². The molecule has 5 heteroatoms. The summed E-state index contributed by atoms with van der Waals surface area (Å²) in [6.07, 6.45) is 1.99. The number of nitrogens with one attached hydrogen (secondary N) is 2. The molecule has 1 aromatic carbocycles. The molecule has 2 aromatic rings. The third-order valence-electron chi connectivity index (χ3n) is 4.10. The van der Waals surface area contributed by atoms with Gasteiger partial charge in [0.15, 0.2) is 0 Å². The molecule has 0 saturated carbocycles. The van der Waals surface area contributed by atoms with Crippen LogP contribution in [-0.4, -0.2) is 23.7 Å². The van der Waals surface area contributed by atoms with Crippen LogP contribution >= 0.6 is 0 Å². The van der Waals surface area contributed by atoms with Crippen molar-refractivity contribution >= 4 is 16.6 Å². The molecule has 0 aliphatic carbocycles. The normalized spacial score (nSPS) is 15.8. The number of pyridine rings is 1. The molecule has 1 fully saturated rings. The minimum atomic E-state index is -0.243. The number of hydrogen-bond acceptors (Lipinski definition) is 4. The maximum atomic E-state index is 12.4. The summed E-state index contributed by atoms with van der Waals surface area (Å²) in [6, 6.07) is 10.1. The second-order valence-electron chi connectivity index (χ2n) is 5.41.